The van der Waals surface area contributed by atoms with Crippen LogP contribution in [-0.4, -0.2) is 19.6 Å². The minimum absolute atomic E-state index is 0.0713. The molecule has 0 aliphatic carbocycles. The van der Waals surface area contributed by atoms with Crippen molar-refractivity contribution in [3.8, 4) is 11.8 Å². The molecule has 2 aromatic carbocycles. The molecule has 0 saturated carbocycles. The lowest BCUT2D eigenvalue weighted by atomic mass is 10.2. The van der Waals surface area contributed by atoms with Gasteiger partial charge in [-0.15, -0.1) is 0 Å². The number of likely N-dealkylation sites (N-methyl/N-ethyl adjacent to an activating group) is 1. The third-order valence-corrected chi connectivity index (χ3v) is 3.19. The number of rotatable bonds is 4. The number of anilines is 1. The largest absolute Gasteiger partial charge is 0.484 e. The van der Waals surface area contributed by atoms with Crippen LogP contribution in [0.15, 0.2) is 48.5 Å². The van der Waals surface area contributed by atoms with Crippen molar-refractivity contribution in [1.82, 2.24) is 0 Å². The number of halogens is 1. The van der Waals surface area contributed by atoms with Crippen molar-refractivity contribution in [3.05, 3.63) is 59.1 Å². The first-order valence-electron chi connectivity index (χ1n) is 6.25. The van der Waals surface area contributed by atoms with Crippen LogP contribution in [0.2, 0.25) is 5.02 Å². The molecule has 0 spiro atoms. The van der Waals surface area contributed by atoms with Gasteiger partial charge in [-0.25, -0.2) is 0 Å². The number of carbonyl (C=O) groups is 1. The van der Waals surface area contributed by atoms with Gasteiger partial charge in [-0.1, -0.05) is 11.6 Å². The highest BCUT2D eigenvalue weighted by Crippen LogP contribution is 2.17. The summed E-state index contributed by atoms with van der Waals surface area (Å²) in [5.41, 5.74) is 1.26. The van der Waals surface area contributed by atoms with Gasteiger partial charge >= 0.3 is 0 Å². The molecule has 0 atom stereocenters. The van der Waals surface area contributed by atoms with Crippen LogP contribution in [0.25, 0.3) is 0 Å². The summed E-state index contributed by atoms with van der Waals surface area (Å²) in [7, 11) is 1.66. The third-order valence-electron chi connectivity index (χ3n) is 2.93. The highest BCUT2D eigenvalue weighted by atomic mass is 35.5. The molecular weight excluding hydrogens is 288 g/mol. The Hall–Kier alpha value is -2.51. The number of benzene rings is 2. The Balaban J connectivity index is 1.95. The maximum atomic E-state index is 12.0. The quantitative estimate of drug-likeness (QED) is 0.871. The second kappa shape index (κ2) is 6.78. The van der Waals surface area contributed by atoms with Crippen molar-refractivity contribution in [2.45, 2.75) is 0 Å². The SMILES string of the molecule is CN(C(=O)COc1ccc(Cl)cc1)c1ccc(C#N)cc1. The normalized spacial score (nSPS) is 9.76. The molecule has 5 heteroatoms. The lowest BCUT2D eigenvalue weighted by Gasteiger charge is -2.17. The summed E-state index contributed by atoms with van der Waals surface area (Å²) in [4.78, 5) is 13.5. The molecule has 0 unspecified atom stereocenters. The number of carbonyl (C=O) groups excluding carboxylic acids is 1. The maximum Gasteiger partial charge on any atom is 0.264 e. The van der Waals surface area contributed by atoms with Crippen LogP contribution >= 0.6 is 11.6 Å². The second-order valence-corrected chi connectivity index (χ2v) is 4.79. The summed E-state index contributed by atoms with van der Waals surface area (Å²) in [6.45, 7) is -0.0713. The number of ether oxygens (including phenoxy) is 1. The average molecular weight is 301 g/mol. The maximum absolute atomic E-state index is 12.0. The standard InChI is InChI=1S/C16H13ClN2O2/c1-19(14-6-2-12(10-18)3-7-14)16(20)11-21-15-8-4-13(17)5-9-15/h2-9H,11H2,1H3. The number of hydrogen-bond acceptors (Lipinski definition) is 3. The molecule has 21 heavy (non-hydrogen) atoms. The predicted molar refractivity (Wildman–Crippen MR) is 81.5 cm³/mol. The number of hydrogen-bond donors (Lipinski definition) is 0. The Morgan fingerprint density at radius 2 is 1.81 bits per heavy atom. The van der Waals surface area contributed by atoms with Gasteiger partial charge in [0.05, 0.1) is 11.6 Å². The van der Waals surface area contributed by atoms with Crippen LogP contribution in [0.4, 0.5) is 5.69 Å². The first kappa shape index (κ1) is 14.9. The predicted octanol–water partition coefficient (Wildman–Crippen LogP) is 3.25. The topological polar surface area (TPSA) is 53.3 Å². The van der Waals surface area contributed by atoms with E-state index in [1.54, 1.807) is 55.6 Å². The summed E-state index contributed by atoms with van der Waals surface area (Å²) >= 11 is 5.78. The lowest BCUT2D eigenvalue weighted by molar-refractivity contribution is -0.120. The minimum atomic E-state index is -0.186. The van der Waals surface area contributed by atoms with Crippen molar-refractivity contribution < 1.29 is 9.53 Å². The summed E-state index contributed by atoms with van der Waals surface area (Å²) in [5.74, 6) is 0.399. The molecule has 0 N–H and O–H groups in total. The van der Waals surface area contributed by atoms with E-state index in [1.165, 1.54) is 4.90 Å². The Morgan fingerprint density at radius 1 is 1.19 bits per heavy atom. The summed E-state index contributed by atoms with van der Waals surface area (Å²) in [5, 5.41) is 9.36. The van der Waals surface area contributed by atoms with Gasteiger partial charge in [-0.3, -0.25) is 4.79 Å². The van der Waals surface area contributed by atoms with Crippen molar-refractivity contribution in [1.29, 1.82) is 5.26 Å². The first-order chi connectivity index (χ1) is 10.1. The van der Waals surface area contributed by atoms with Gasteiger partial charge in [-0.2, -0.15) is 5.26 Å². The molecule has 2 aromatic rings. The van der Waals surface area contributed by atoms with Crippen LogP contribution in [0, 0.1) is 11.3 Å². The Labute approximate surface area is 128 Å². The summed E-state index contributed by atoms with van der Waals surface area (Å²) in [6.07, 6.45) is 0. The van der Waals surface area contributed by atoms with Crippen LogP contribution in [0.1, 0.15) is 5.56 Å². The highest BCUT2D eigenvalue weighted by molar-refractivity contribution is 6.30. The second-order valence-electron chi connectivity index (χ2n) is 4.35. The van der Waals surface area contributed by atoms with E-state index in [1.807, 2.05) is 6.07 Å². The van der Waals surface area contributed by atoms with Crippen molar-refractivity contribution in [2.75, 3.05) is 18.6 Å². The molecule has 0 heterocycles. The Morgan fingerprint density at radius 3 is 2.38 bits per heavy atom. The number of amides is 1. The van der Waals surface area contributed by atoms with Gasteiger partial charge < -0.3 is 9.64 Å². The van der Waals surface area contributed by atoms with E-state index in [0.717, 1.165) is 0 Å². The van der Waals surface area contributed by atoms with Gasteiger partial charge in [0.15, 0.2) is 6.61 Å². The van der Waals surface area contributed by atoms with Gasteiger partial charge in [0, 0.05) is 17.8 Å². The molecule has 1 amide bonds. The molecule has 0 bridgehead atoms. The summed E-state index contributed by atoms with van der Waals surface area (Å²) < 4.78 is 5.41. The number of nitrogens with zero attached hydrogens (tertiary/aromatic N) is 2. The van der Waals surface area contributed by atoms with E-state index >= 15 is 0 Å². The van der Waals surface area contributed by atoms with E-state index < -0.39 is 0 Å². The van der Waals surface area contributed by atoms with E-state index in [-0.39, 0.29) is 12.5 Å². The Kier molecular flexibility index (Phi) is 4.81. The fourth-order valence-electron chi connectivity index (χ4n) is 1.68. The van der Waals surface area contributed by atoms with Crippen molar-refractivity contribution in [3.63, 3.8) is 0 Å². The van der Waals surface area contributed by atoms with E-state index in [2.05, 4.69) is 0 Å². The molecule has 0 radical (unpaired) electrons. The van der Waals surface area contributed by atoms with Gasteiger partial charge in [0.2, 0.25) is 0 Å². The van der Waals surface area contributed by atoms with Crippen LogP contribution in [-0.2, 0) is 4.79 Å². The fraction of sp³-hybridized carbons (Fsp3) is 0.125. The van der Waals surface area contributed by atoms with Crippen LogP contribution in [0.5, 0.6) is 5.75 Å². The zero-order valence-electron chi connectivity index (χ0n) is 11.4. The van der Waals surface area contributed by atoms with Gasteiger partial charge in [0.25, 0.3) is 5.91 Å². The smallest absolute Gasteiger partial charge is 0.264 e. The Bertz CT molecular complexity index is 660. The first-order valence-corrected chi connectivity index (χ1v) is 6.63. The fourth-order valence-corrected chi connectivity index (χ4v) is 1.80. The van der Waals surface area contributed by atoms with E-state index in [4.69, 9.17) is 21.6 Å². The zero-order chi connectivity index (χ0) is 15.2. The molecule has 0 aromatic heterocycles. The van der Waals surface area contributed by atoms with Crippen molar-refractivity contribution in [2.24, 2.45) is 0 Å². The molecule has 4 nitrogen and oxygen atoms in total. The van der Waals surface area contributed by atoms with Gasteiger partial charge in [0.1, 0.15) is 5.75 Å². The molecule has 2 rings (SSSR count). The molecule has 0 fully saturated rings. The summed E-state index contributed by atoms with van der Waals surface area (Å²) in [6, 6.07) is 15.6. The van der Waals surface area contributed by atoms with Crippen LogP contribution in [0.3, 0.4) is 0 Å². The van der Waals surface area contributed by atoms with E-state index in [0.29, 0.717) is 22.0 Å². The molecule has 106 valence electrons. The van der Waals surface area contributed by atoms with E-state index in [9.17, 15) is 4.79 Å². The molecule has 0 aliphatic heterocycles. The highest BCUT2D eigenvalue weighted by Gasteiger charge is 2.11. The average Bonchev–Trinajstić information content (AvgIpc) is 2.53. The third kappa shape index (κ3) is 3.98. The monoisotopic (exact) mass is 300 g/mol. The van der Waals surface area contributed by atoms with Crippen molar-refractivity contribution >= 4 is 23.2 Å². The lowest BCUT2D eigenvalue weighted by Crippen LogP contribution is -2.31. The van der Waals surface area contributed by atoms with Gasteiger partial charge in [-0.05, 0) is 48.5 Å². The number of nitriles is 1. The molecular formula is C16H13ClN2O2. The zero-order valence-corrected chi connectivity index (χ0v) is 12.2. The van der Waals surface area contributed by atoms with Crippen LogP contribution < -0.4 is 9.64 Å². The molecule has 0 saturated heterocycles. The minimum Gasteiger partial charge on any atom is -0.484 e. The molecule has 0 aliphatic rings.